The SMILES string of the molecule is COC[C@H](N)CNc1ncc(C(N)=O)c(Nc2cccc3c2cc2n3CCC2)n1. The molecule has 1 atom stereocenters. The molecule has 1 amide bonds. The molecule has 3 aromatic rings. The van der Waals surface area contributed by atoms with Crippen LogP contribution in [0.5, 0.6) is 0 Å². The molecule has 0 fully saturated rings. The molecule has 0 saturated carbocycles. The lowest BCUT2D eigenvalue weighted by Gasteiger charge is -2.14. The molecule has 0 unspecified atom stereocenters. The number of hydrogen-bond acceptors (Lipinski definition) is 7. The standard InChI is InChI=1S/C20H25N7O2/c1-29-11-12(21)9-23-20-24-10-15(18(22)28)19(26-20)25-16-5-2-6-17-14(16)8-13-4-3-7-27(13)17/h2,5-6,8,10,12H,3-4,7,9,11,21H2,1H3,(H2,22,28)(H2,23,24,25,26)/t12-/m1/s1. The number of benzene rings is 1. The van der Waals surface area contributed by atoms with Crippen LogP contribution in [0.1, 0.15) is 22.5 Å². The predicted molar refractivity (Wildman–Crippen MR) is 112 cm³/mol. The Bertz CT molecular complexity index is 1050. The van der Waals surface area contributed by atoms with E-state index in [9.17, 15) is 4.79 Å². The van der Waals surface area contributed by atoms with Gasteiger partial charge >= 0.3 is 0 Å². The second-order valence-electron chi connectivity index (χ2n) is 7.17. The number of hydrogen-bond donors (Lipinski definition) is 4. The summed E-state index contributed by atoms with van der Waals surface area (Å²) in [5.74, 6) is 0.117. The van der Waals surface area contributed by atoms with E-state index in [4.69, 9.17) is 16.2 Å². The van der Waals surface area contributed by atoms with Gasteiger partial charge in [-0.3, -0.25) is 4.79 Å². The van der Waals surface area contributed by atoms with Crippen LogP contribution in [0.3, 0.4) is 0 Å². The number of ether oxygens (including phenoxy) is 1. The van der Waals surface area contributed by atoms with Crippen molar-refractivity contribution in [1.82, 2.24) is 14.5 Å². The van der Waals surface area contributed by atoms with Crippen LogP contribution >= 0.6 is 0 Å². The minimum atomic E-state index is -0.596. The van der Waals surface area contributed by atoms with E-state index < -0.39 is 5.91 Å². The van der Waals surface area contributed by atoms with Gasteiger partial charge in [0.25, 0.3) is 5.91 Å². The normalized spacial score (nSPS) is 14.0. The van der Waals surface area contributed by atoms with Crippen LogP contribution in [0.15, 0.2) is 30.5 Å². The number of carbonyl (C=O) groups is 1. The second kappa shape index (κ2) is 8.06. The fourth-order valence-corrected chi connectivity index (χ4v) is 3.70. The van der Waals surface area contributed by atoms with Gasteiger partial charge in [0.15, 0.2) is 0 Å². The van der Waals surface area contributed by atoms with E-state index >= 15 is 0 Å². The van der Waals surface area contributed by atoms with E-state index in [0.717, 1.165) is 24.0 Å². The highest BCUT2D eigenvalue weighted by Gasteiger charge is 2.18. The molecule has 3 heterocycles. The predicted octanol–water partition coefficient (Wildman–Crippen LogP) is 1.61. The Balaban J connectivity index is 1.64. The van der Waals surface area contributed by atoms with Crippen molar-refractivity contribution in [1.29, 1.82) is 0 Å². The number of anilines is 3. The monoisotopic (exact) mass is 395 g/mol. The van der Waals surface area contributed by atoms with Crippen LogP contribution in [-0.2, 0) is 17.7 Å². The number of rotatable bonds is 8. The molecule has 1 aromatic carbocycles. The number of fused-ring (bicyclic) bond motifs is 3. The van der Waals surface area contributed by atoms with Gasteiger partial charge < -0.3 is 31.4 Å². The Labute approximate surface area is 168 Å². The number of aryl methyl sites for hydroxylation is 2. The second-order valence-corrected chi connectivity index (χ2v) is 7.17. The van der Waals surface area contributed by atoms with E-state index in [-0.39, 0.29) is 11.6 Å². The van der Waals surface area contributed by atoms with Crippen LogP contribution in [0.25, 0.3) is 10.9 Å². The summed E-state index contributed by atoms with van der Waals surface area (Å²) < 4.78 is 7.36. The highest BCUT2D eigenvalue weighted by atomic mass is 16.5. The van der Waals surface area contributed by atoms with Crippen LogP contribution in [0, 0.1) is 0 Å². The first kappa shape index (κ1) is 19.2. The van der Waals surface area contributed by atoms with Crippen molar-refractivity contribution in [3.63, 3.8) is 0 Å². The number of amides is 1. The Morgan fingerprint density at radius 3 is 3.07 bits per heavy atom. The topological polar surface area (TPSA) is 133 Å². The molecule has 9 nitrogen and oxygen atoms in total. The molecule has 0 saturated heterocycles. The molecule has 4 rings (SSSR count). The lowest BCUT2D eigenvalue weighted by atomic mass is 10.2. The van der Waals surface area contributed by atoms with Gasteiger partial charge in [0.1, 0.15) is 11.4 Å². The van der Waals surface area contributed by atoms with Gasteiger partial charge in [-0.1, -0.05) is 6.07 Å². The zero-order valence-electron chi connectivity index (χ0n) is 16.3. The number of nitrogens with zero attached hydrogens (tertiary/aromatic N) is 3. The Kier molecular flexibility index (Phi) is 5.32. The van der Waals surface area contributed by atoms with Gasteiger partial charge in [0.05, 0.1) is 12.1 Å². The van der Waals surface area contributed by atoms with Gasteiger partial charge in [0, 0.05) is 49.2 Å². The van der Waals surface area contributed by atoms with Gasteiger partial charge in [0.2, 0.25) is 5.95 Å². The average molecular weight is 395 g/mol. The van der Waals surface area contributed by atoms with E-state index in [1.54, 1.807) is 7.11 Å². The third-order valence-electron chi connectivity index (χ3n) is 5.06. The third kappa shape index (κ3) is 3.87. The Morgan fingerprint density at radius 2 is 2.28 bits per heavy atom. The quantitative estimate of drug-likeness (QED) is 0.455. The summed E-state index contributed by atoms with van der Waals surface area (Å²) in [7, 11) is 1.60. The van der Waals surface area contributed by atoms with Gasteiger partial charge in [-0.15, -0.1) is 0 Å². The Morgan fingerprint density at radius 1 is 1.41 bits per heavy atom. The van der Waals surface area contributed by atoms with Gasteiger partial charge in [-0.05, 0) is 31.0 Å². The summed E-state index contributed by atoms with van der Waals surface area (Å²) in [5.41, 5.74) is 15.0. The van der Waals surface area contributed by atoms with Crippen LogP contribution in [0.2, 0.25) is 0 Å². The molecule has 1 aliphatic heterocycles. The molecule has 152 valence electrons. The molecule has 0 aliphatic carbocycles. The molecular formula is C20H25N7O2. The fraction of sp³-hybridized carbons (Fsp3) is 0.350. The summed E-state index contributed by atoms with van der Waals surface area (Å²) in [4.78, 5) is 20.5. The highest BCUT2D eigenvalue weighted by molar-refractivity contribution is 6.00. The Hall–Kier alpha value is -3.17. The zero-order chi connectivity index (χ0) is 20.4. The lowest BCUT2D eigenvalue weighted by molar-refractivity contribution is 0.100. The van der Waals surface area contributed by atoms with E-state index in [1.165, 1.54) is 23.8 Å². The zero-order valence-corrected chi connectivity index (χ0v) is 16.3. The third-order valence-corrected chi connectivity index (χ3v) is 5.06. The van der Waals surface area contributed by atoms with Gasteiger partial charge in [-0.25, -0.2) is 4.98 Å². The maximum Gasteiger partial charge on any atom is 0.254 e. The first-order valence-electron chi connectivity index (χ1n) is 9.60. The van der Waals surface area contributed by atoms with Crippen molar-refractivity contribution in [3.05, 3.63) is 41.7 Å². The summed E-state index contributed by atoms with van der Waals surface area (Å²) in [5, 5.41) is 7.43. The van der Waals surface area contributed by atoms with Crippen LogP contribution < -0.4 is 22.1 Å². The highest BCUT2D eigenvalue weighted by Crippen LogP contribution is 2.32. The molecule has 29 heavy (non-hydrogen) atoms. The van der Waals surface area contributed by atoms with E-state index in [2.05, 4.69) is 37.3 Å². The van der Waals surface area contributed by atoms with Crippen molar-refractivity contribution in [2.45, 2.75) is 25.4 Å². The summed E-state index contributed by atoms with van der Waals surface area (Å²) in [6.07, 6.45) is 3.66. The van der Waals surface area contributed by atoms with E-state index in [1.807, 2.05) is 12.1 Å². The van der Waals surface area contributed by atoms with E-state index in [0.29, 0.717) is 24.9 Å². The van der Waals surface area contributed by atoms with Crippen LogP contribution in [0.4, 0.5) is 17.5 Å². The number of aromatic nitrogens is 3. The number of nitrogens with two attached hydrogens (primary N) is 2. The van der Waals surface area contributed by atoms with Crippen molar-refractivity contribution in [2.24, 2.45) is 11.5 Å². The maximum atomic E-state index is 11.9. The number of nitrogens with one attached hydrogen (secondary N) is 2. The maximum absolute atomic E-state index is 11.9. The minimum Gasteiger partial charge on any atom is -0.383 e. The van der Waals surface area contributed by atoms with Crippen LogP contribution in [-0.4, -0.2) is 46.7 Å². The van der Waals surface area contributed by atoms with Crippen molar-refractivity contribution < 1.29 is 9.53 Å². The number of primary amides is 1. The molecule has 9 heteroatoms. The summed E-state index contributed by atoms with van der Waals surface area (Å²) in [6, 6.07) is 8.05. The fourth-order valence-electron chi connectivity index (χ4n) is 3.70. The first-order chi connectivity index (χ1) is 14.1. The molecular weight excluding hydrogens is 370 g/mol. The molecule has 1 aliphatic rings. The molecule has 0 radical (unpaired) electrons. The van der Waals surface area contributed by atoms with Gasteiger partial charge in [-0.2, -0.15) is 4.98 Å². The molecule has 6 N–H and O–H groups in total. The molecule has 2 aromatic heterocycles. The average Bonchev–Trinajstić information content (AvgIpc) is 3.29. The summed E-state index contributed by atoms with van der Waals surface area (Å²) >= 11 is 0. The minimum absolute atomic E-state index is 0.201. The number of carbonyl (C=O) groups excluding carboxylic acids is 1. The van der Waals surface area contributed by atoms with Crippen molar-refractivity contribution in [3.8, 4) is 0 Å². The first-order valence-corrected chi connectivity index (χ1v) is 9.60. The molecule has 0 bridgehead atoms. The lowest BCUT2D eigenvalue weighted by Crippen LogP contribution is -2.33. The number of methoxy groups -OCH3 is 1. The molecule has 0 spiro atoms. The summed E-state index contributed by atoms with van der Waals surface area (Å²) in [6.45, 7) is 1.88. The van der Waals surface area contributed by atoms with Crippen molar-refractivity contribution in [2.75, 3.05) is 30.9 Å². The largest absolute Gasteiger partial charge is 0.383 e. The smallest absolute Gasteiger partial charge is 0.254 e. The van der Waals surface area contributed by atoms with Crippen molar-refractivity contribution >= 4 is 34.3 Å².